The van der Waals surface area contributed by atoms with Crippen LogP contribution in [0.15, 0.2) is 28.7 Å². The second-order valence-corrected chi connectivity index (χ2v) is 8.17. The minimum Gasteiger partial charge on any atom is -0.240 e. The van der Waals surface area contributed by atoms with E-state index in [1.807, 2.05) is 29.2 Å². The third-order valence-corrected chi connectivity index (χ3v) is 5.64. The first-order valence-corrected chi connectivity index (χ1v) is 9.12. The van der Waals surface area contributed by atoms with Gasteiger partial charge in [0.15, 0.2) is 0 Å². The summed E-state index contributed by atoms with van der Waals surface area (Å²) < 4.78 is 1.10. The number of nitrogens with zero attached hydrogens (tertiary/aromatic N) is 1. The Kier molecular flexibility index (Phi) is 5.48. The first-order chi connectivity index (χ1) is 9.06. The third-order valence-electron chi connectivity index (χ3n) is 2.62. The van der Waals surface area contributed by atoms with Crippen LogP contribution in [-0.2, 0) is 5.75 Å². The minimum absolute atomic E-state index is 0.746. The number of thioether (sulfide) groups is 1. The molecule has 0 atom stereocenters. The first-order valence-electron chi connectivity index (χ1n) is 6.36. The third kappa shape index (κ3) is 4.33. The molecule has 0 amide bonds. The van der Waals surface area contributed by atoms with E-state index in [0.29, 0.717) is 0 Å². The number of benzene rings is 1. The van der Waals surface area contributed by atoms with E-state index in [-0.39, 0.29) is 0 Å². The van der Waals surface area contributed by atoms with Crippen molar-refractivity contribution >= 4 is 39.0 Å². The van der Waals surface area contributed by atoms with Gasteiger partial charge in [0, 0.05) is 20.7 Å². The smallest absolute Gasteiger partial charge is 0.103 e. The Morgan fingerprint density at radius 1 is 1.37 bits per heavy atom. The Morgan fingerprint density at radius 3 is 2.84 bits per heavy atom. The lowest BCUT2D eigenvalue weighted by Crippen LogP contribution is -1.91. The fraction of sp³-hybridized carbons (Fsp3) is 0.400. The van der Waals surface area contributed by atoms with Gasteiger partial charge >= 0.3 is 0 Å². The van der Waals surface area contributed by atoms with Crippen molar-refractivity contribution in [1.29, 1.82) is 0 Å². The number of thiazole rings is 1. The predicted octanol–water partition coefficient (Wildman–Crippen LogP) is 5.77. The van der Waals surface area contributed by atoms with Crippen molar-refractivity contribution in [3.8, 4) is 11.3 Å². The zero-order valence-electron chi connectivity index (χ0n) is 11.4. The Bertz CT molecular complexity index is 549. The number of aryl methyl sites for hydroxylation is 1. The van der Waals surface area contributed by atoms with Gasteiger partial charge in [0.05, 0.1) is 5.69 Å². The summed E-state index contributed by atoms with van der Waals surface area (Å²) in [5.41, 5.74) is 2.33. The molecule has 2 rings (SSSR count). The number of rotatable bonds is 5. The van der Waals surface area contributed by atoms with Crippen LogP contribution in [0, 0.1) is 12.8 Å². The van der Waals surface area contributed by atoms with Crippen LogP contribution in [0.3, 0.4) is 0 Å². The van der Waals surface area contributed by atoms with E-state index in [4.69, 9.17) is 4.98 Å². The van der Waals surface area contributed by atoms with Gasteiger partial charge in [-0.25, -0.2) is 4.98 Å². The van der Waals surface area contributed by atoms with Crippen molar-refractivity contribution < 1.29 is 0 Å². The van der Waals surface area contributed by atoms with Gasteiger partial charge in [-0.1, -0.05) is 41.9 Å². The Morgan fingerprint density at radius 2 is 2.16 bits per heavy atom. The van der Waals surface area contributed by atoms with Crippen molar-refractivity contribution in [3.63, 3.8) is 0 Å². The van der Waals surface area contributed by atoms with E-state index < -0.39 is 0 Å². The number of hydrogen-bond acceptors (Lipinski definition) is 3. The molecule has 0 radical (unpaired) electrons. The van der Waals surface area contributed by atoms with Crippen molar-refractivity contribution in [2.24, 2.45) is 5.92 Å². The standard InChI is InChI=1S/C15H18BrNS2/c1-10(2)8-18-9-14-17-15(11(3)19-14)12-5-4-6-13(16)7-12/h4-7,10H,8-9H2,1-3H3. The molecule has 19 heavy (non-hydrogen) atoms. The molecule has 102 valence electrons. The van der Waals surface area contributed by atoms with Crippen LogP contribution in [0.25, 0.3) is 11.3 Å². The molecule has 1 nitrogen and oxygen atoms in total. The number of hydrogen-bond donors (Lipinski definition) is 0. The van der Waals surface area contributed by atoms with E-state index >= 15 is 0 Å². The highest BCUT2D eigenvalue weighted by atomic mass is 79.9. The maximum Gasteiger partial charge on any atom is 0.103 e. The monoisotopic (exact) mass is 355 g/mol. The van der Waals surface area contributed by atoms with Crippen LogP contribution in [0.2, 0.25) is 0 Å². The highest BCUT2D eigenvalue weighted by Gasteiger charge is 2.10. The van der Waals surface area contributed by atoms with Crippen LogP contribution in [0.1, 0.15) is 23.7 Å². The first kappa shape index (κ1) is 15.1. The SMILES string of the molecule is Cc1sc(CSCC(C)C)nc1-c1cccc(Br)c1. The van der Waals surface area contributed by atoms with Crippen LogP contribution in [0.4, 0.5) is 0 Å². The van der Waals surface area contributed by atoms with Gasteiger partial charge in [-0.15, -0.1) is 11.3 Å². The molecular formula is C15H18BrNS2. The molecule has 0 aliphatic carbocycles. The van der Waals surface area contributed by atoms with Gasteiger partial charge in [0.25, 0.3) is 0 Å². The van der Waals surface area contributed by atoms with E-state index in [1.54, 1.807) is 0 Å². The fourth-order valence-corrected chi connectivity index (χ4v) is 4.26. The lowest BCUT2D eigenvalue weighted by Gasteiger charge is -2.01. The van der Waals surface area contributed by atoms with Gasteiger partial charge in [0.1, 0.15) is 5.01 Å². The normalized spacial score (nSPS) is 11.2. The van der Waals surface area contributed by atoms with Crippen molar-refractivity contribution in [2.45, 2.75) is 26.5 Å². The molecule has 0 aliphatic rings. The van der Waals surface area contributed by atoms with E-state index in [9.17, 15) is 0 Å². The average molecular weight is 356 g/mol. The lowest BCUT2D eigenvalue weighted by atomic mass is 10.1. The van der Waals surface area contributed by atoms with Crippen molar-refractivity contribution in [2.75, 3.05) is 5.75 Å². The topological polar surface area (TPSA) is 12.9 Å². The molecule has 4 heteroatoms. The number of aromatic nitrogens is 1. The molecular weight excluding hydrogens is 338 g/mol. The summed E-state index contributed by atoms with van der Waals surface area (Å²) in [5.74, 6) is 2.97. The van der Waals surface area contributed by atoms with Crippen LogP contribution < -0.4 is 0 Å². The molecule has 1 aromatic heterocycles. The van der Waals surface area contributed by atoms with Crippen LogP contribution >= 0.6 is 39.0 Å². The summed E-state index contributed by atoms with van der Waals surface area (Å²) in [5, 5.41) is 1.23. The Balaban J connectivity index is 2.12. The van der Waals surface area contributed by atoms with Gasteiger partial charge < -0.3 is 0 Å². The summed E-state index contributed by atoms with van der Waals surface area (Å²) in [6.07, 6.45) is 0. The Hall–Kier alpha value is -0.320. The van der Waals surface area contributed by atoms with Gasteiger partial charge in [-0.2, -0.15) is 11.8 Å². The molecule has 0 bridgehead atoms. The summed E-state index contributed by atoms with van der Waals surface area (Å²) in [7, 11) is 0. The predicted molar refractivity (Wildman–Crippen MR) is 91.0 cm³/mol. The summed E-state index contributed by atoms with van der Waals surface area (Å²) >= 11 is 7.31. The molecule has 0 aliphatic heterocycles. The average Bonchev–Trinajstić information content (AvgIpc) is 2.70. The largest absolute Gasteiger partial charge is 0.240 e. The second-order valence-electron chi connectivity index (χ2n) is 4.93. The highest BCUT2D eigenvalue weighted by Crippen LogP contribution is 2.31. The molecule has 0 saturated carbocycles. The maximum atomic E-state index is 4.79. The molecule has 1 heterocycles. The fourth-order valence-electron chi connectivity index (χ4n) is 1.80. The second kappa shape index (κ2) is 6.91. The molecule has 1 aromatic carbocycles. The number of halogens is 1. The van der Waals surface area contributed by atoms with Gasteiger partial charge in [-0.3, -0.25) is 0 Å². The molecule has 0 saturated heterocycles. The Labute approximate surface area is 132 Å². The zero-order chi connectivity index (χ0) is 13.8. The molecule has 0 spiro atoms. The summed E-state index contributed by atoms with van der Waals surface area (Å²) in [4.78, 5) is 6.10. The van der Waals surface area contributed by atoms with Crippen molar-refractivity contribution in [3.05, 3.63) is 38.6 Å². The quantitative estimate of drug-likeness (QED) is 0.674. The minimum atomic E-state index is 0.746. The zero-order valence-corrected chi connectivity index (χ0v) is 14.7. The van der Waals surface area contributed by atoms with E-state index in [0.717, 1.165) is 21.8 Å². The van der Waals surface area contributed by atoms with E-state index in [2.05, 4.69) is 54.9 Å². The lowest BCUT2D eigenvalue weighted by molar-refractivity contribution is 0.750. The van der Waals surface area contributed by atoms with E-state index in [1.165, 1.54) is 21.2 Å². The summed E-state index contributed by atoms with van der Waals surface area (Å²) in [6, 6.07) is 8.36. The van der Waals surface area contributed by atoms with Gasteiger partial charge in [0.2, 0.25) is 0 Å². The molecule has 0 unspecified atom stereocenters. The van der Waals surface area contributed by atoms with Crippen molar-refractivity contribution in [1.82, 2.24) is 4.98 Å². The molecule has 2 aromatic rings. The molecule has 0 N–H and O–H groups in total. The summed E-state index contributed by atoms with van der Waals surface area (Å²) in [6.45, 7) is 6.67. The van der Waals surface area contributed by atoms with Crippen LogP contribution in [0.5, 0.6) is 0 Å². The molecule has 0 fully saturated rings. The maximum absolute atomic E-state index is 4.79. The highest BCUT2D eigenvalue weighted by molar-refractivity contribution is 9.10. The van der Waals surface area contributed by atoms with Crippen LogP contribution in [-0.4, -0.2) is 10.7 Å². The van der Waals surface area contributed by atoms with Gasteiger partial charge in [-0.05, 0) is 30.7 Å².